The van der Waals surface area contributed by atoms with Crippen molar-refractivity contribution in [3.63, 3.8) is 0 Å². The topological polar surface area (TPSA) is 29.5 Å². The average Bonchev–Trinajstić information content (AvgIpc) is 3.10. The van der Waals surface area contributed by atoms with Gasteiger partial charge in [-0.3, -0.25) is 9.69 Å². The van der Waals surface area contributed by atoms with Crippen LogP contribution >= 0.6 is 0 Å². The van der Waals surface area contributed by atoms with Gasteiger partial charge in [0.2, 0.25) is 0 Å². The van der Waals surface area contributed by atoms with Crippen molar-refractivity contribution in [3.05, 3.63) is 29.8 Å². The van der Waals surface area contributed by atoms with Crippen LogP contribution in [-0.4, -0.2) is 36.9 Å². The Morgan fingerprint density at radius 2 is 2.17 bits per heavy atom. The molecule has 0 bridgehead atoms. The maximum atomic E-state index is 10.5. The third-order valence-corrected chi connectivity index (χ3v) is 4.02. The fourth-order valence-corrected chi connectivity index (χ4v) is 2.86. The van der Waals surface area contributed by atoms with Crippen molar-refractivity contribution in [1.82, 2.24) is 4.90 Å². The van der Waals surface area contributed by atoms with Crippen molar-refractivity contribution in [2.24, 2.45) is 5.92 Å². The normalized spacial score (nSPS) is 25.8. The van der Waals surface area contributed by atoms with Gasteiger partial charge >= 0.3 is 0 Å². The van der Waals surface area contributed by atoms with Crippen molar-refractivity contribution in [2.45, 2.75) is 25.3 Å². The van der Waals surface area contributed by atoms with Gasteiger partial charge in [0.15, 0.2) is 0 Å². The van der Waals surface area contributed by atoms with Crippen molar-refractivity contribution in [3.8, 4) is 5.75 Å². The summed E-state index contributed by atoms with van der Waals surface area (Å²) in [6.45, 7) is 3.20. The van der Waals surface area contributed by atoms with Crippen LogP contribution in [0.1, 0.15) is 29.6 Å². The number of hydrogen-bond donors (Lipinski definition) is 0. The van der Waals surface area contributed by atoms with Gasteiger partial charge in [0, 0.05) is 18.2 Å². The van der Waals surface area contributed by atoms with E-state index in [-0.39, 0.29) is 0 Å². The predicted octanol–water partition coefficient (Wildman–Crippen LogP) is 2.36. The van der Waals surface area contributed by atoms with Crippen LogP contribution in [0, 0.1) is 5.92 Å². The Morgan fingerprint density at radius 1 is 1.33 bits per heavy atom. The maximum absolute atomic E-state index is 10.5. The fraction of sp³-hybridized carbons (Fsp3) is 0.533. The Balaban J connectivity index is 1.37. The van der Waals surface area contributed by atoms with E-state index in [0.717, 1.165) is 43.6 Å². The molecule has 2 fully saturated rings. The first-order valence-corrected chi connectivity index (χ1v) is 6.79. The molecule has 0 unspecified atom stereocenters. The van der Waals surface area contributed by atoms with E-state index in [4.69, 9.17) is 4.74 Å². The second-order valence-electron chi connectivity index (χ2n) is 5.28. The summed E-state index contributed by atoms with van der Waals surface area (Å²) >= 11 is 0. The zero-order valence-electron chi connectivity index (χ0n) is 10.5. The number of nitrogens with zero attached hydrogens (tertiary/aromatic N) is 1. The van der Waals surface area contributed by atoms with Crippen LogP contribution < -0.4 is 4.74 Å². The Morgan fingerprint density at radius 3 is 2.78 bits per heavy atom. The van der Waals surface area contributed by atoms with Crippen LogP contribution in [-0.2, 0) is 0 Å². The first-order chi connectivity index (χ1) is 8.86. The summed E-state index contributed by atoms with van der Waals surface area (Å²) in [4.78, 5) is 13.1. The first-order valence-electron chi connectivity index (χ1n) is 6.79. The van der Waals surface area contributed by atoms with Crippen molar-refractivity contribution >= 4 is 6.29 Å². The number of piperidine rings is 1. The Bertz CT molecular complexity index is 415. The van der Waals surface area contributed by atoms with Gasteiger partial charge in [0.05, 0.1) is 6.61 Å². The molecule has 1 aromatic carbocycles. The number of ether oxygens (including phenoxy) is 1. The minimum atomic E-state index is 0.694. The van der Waals surface area contributed by atoms with E-state index >= 15 is 0 Å². The molecule has 1 saturated heterocycles. The SMILES string of the molecule is O=Cc1ccc(OCCCN2CC[C@H]3C[C@H]32)cc1. The highest BCUT2D eigenvalue weighted by molar-refractivity contribution is 5.74. The predicted molar refractivity (Wildman–Crippen MR) is 70.0 cm³/mol. The van der Waals surface area contributed by atoms with Gasteiger partial charge in [-0.1, -0.05) is 0 Å². The van der Waals surface area contributed by atoms with Gasteiger partial charge in [-0.2, -0.15) is 0 Å². The molecule has 2 atom stereocenters. The maximum Gasteiger partial charge on any atom is 0.150 e. The van der Waals surface area contributed by atoms with Crippen LogP contribution in [0.5, 0.6) is 5.75 Å². The lowest BCUT2D eigenvalue weighted by Gasteiger charge is -2.17. The minimum absolute atomic E-state index is 0.694. The molecule has 1 aliphatic carbocycles. The molecule has 1 heterocycles. The van der Waals surface area contributed by atoms with E-state index < -0.39 is 0 Å². The van der Waals surface area contributed by atoms with E-state index in [1.54, 1.807) is 12.1 Å². The van der Waals surface area contributed by atoms with E-state index in [1.165, 1.54) is 19.4 Å². The number of fused-ring (bicyclic) bond motifs is 1. The van der Waals surface area contributed by atoms with Crippen LogP contribution in [0.15, 0.2) is 24.3 Å². The number of carbonyl (C=O) groups excluding carboxylic acids is 1. The summed E-state index contributed by atoms with van der Waals surface area (Å²) in [5, 5.41) is 0. The Labute approximate surface area is 108 Å². The van der Waals surface area contributed by atoms with Gasteiger partial charge in [0.25, 0.3) is 0 Å². The van der Waals surface area contributed by atoms with Gasteiger partial charge in [-0.15, -0.1) is 0 Å². The van der Waals surface area contributed by atoms with Crippen LogP contribution in [0.25, 0.3) is 0 Å². The molecule has 0 aromatic heterocycles. The molecule has 0 spiro atoms. The summed E-state index contributed by atoms with van der Waals surface area (Å²) in [5.74, 6) is 1.87. The molecule has 18 heavy (non-hydrogen) atoms. The third kappa shape index (κ3) is 2.56. The second-order valence-corrected chi connectivity index (χ2v) is 5.28. The Kier molecular flexibility index (Phi) is 3.33. The standard InChI is InChI=1S/C15H19NO2/c17-11-12-2-4-14(5-3-12)18-9-1-7-16-8-6-13-10-15(13)16/h2-5,11,13,15H,1,6-10H2/t13-,15+/m0/s1. The largest absolute Gasteiger partial charge is 0.494 e. The molecule has 3 rings (SSSR count). The molecule has 1 aromatic rings. The van der Waals surface area contributed by atoms with Gasteiger partial charge < -0.3 is 4.74 Å². The lowest BCUT2D eigenvalue weighted by Crippen LogP contribution is -2.25. The number of aldehydes is 1. The second kappa shape index (κ2) is 5.11. The van der Waals surface area contributed by atoms with Crippen molar-refractivity contribution in [1.29, 1.82) is 0 Å². The van der Waals surface area contributed by atoms with Crippen LogP contribution in [0.4, 0.5) is 0 Å². The number of rotatable bonds is 6. The highest BCUT2D eigenvalue weighted by atomic mass is 16.5. The lowest BCUT2D eigenvalue weighted by atomic mass is 10.2. The molecule has 3 heteroatoms. The third-order valence-electron chi connectivity index (χ3n) is 4.02. The lowest BCUT2D eigenvalue weighted by molar-refractivity contribution is 0.112. The summed E-state index contributed by atoms with van der Waals surface area (Å²) in [7, 11) is 0. The minimum Gasteiger partial charge on any atom is -0.494 e. The highest BCUT2D eigenvalue weighted by Crippen LogP contribution is 2.44. The zero-order valence-corrected chi connectivity index (χ0v) is 10.5. The molecule has 0 amide bonds. The monoisotopic (exact) mass is 245 g/mol. The summed E-state index contributed by atoms with van der Waals surface area (Å²) < 4.78 is 5.67. The molecule has 3 nitrogen and oxygen atoms in total. The molecule has 1 aliphatic heterocycles. The molecular weight excluding hydrogens is 226 g/mol. The van der Waals surface area contributed by atoms with E-state index in [2.05, 4.69) is 4.90 Å². The molecule has 96 valence electrons. The number of likely N-dealkylation sites (tertiary alicyclic amines) is 1. The molecular formula is C15H19NO2. The summed E-state index contributed by atoms with van der Waals surface area (Å²) in [5.41, 5.74) is 0.694. The van der Waals surface area contributed by atoms with Crippen LogP contribution in [0.3, 0.4) is 0 Å². The van der Waals surface area contributed by atoms with Crippen LogP contribution in [0.2, 0.25) is 0 Å². The van der Waals surface area contributed by atoms with Crippen molar-refractivity contribution < 1.29 is 9.53 Å². The quantitative estimate of drug-likeness (QED) is 0.569. The average molecular weight is 245 g/mol. The fourth-order valence-electron chi connectivity index (χ4n) is 2.86. The van der Waals surface area contributed by atoms with E-state index in [9.17, 15) is 4.79 Å². The smallest absolute Gasteiger partial charge is 0.150 e. The number of carbonyl (C=O) groups is 1. The van der Waals surface area contributed by atoms with E-state index in [1.807, 2.05) is 12.1 Å². The zero-order chi connectivity index (χ0) is 12.4. The number of benzene rings is 1. The van der Waals surface area contributed by atoms with Gasteiger partial charge in [-0.25, -0.2) is 0 Å². The molecule has 0 radical (unpaired) electrons. The Hall–Kier alpha value is -1.35. The molecule has 1 saturated carbocycles. The van der Waals surface area contributed by atoms with Crippen molar-refractivity contribution in [2.75, 3.05) is 19.7 Å². The molecule has 2 aliphatic rings. The van der Waals surface area contributed by atoms with Gasteiger partial charge in [-0.05, 0) is 56.0 Å². The summed E-state index contributed by atoms with van der Waals surface area (Å²) in [6.07, 6.45) is 4.76. The molecule has 0 N–H and O–H groups in total. The summed E-state index contributed by atoms with van der Waals surface area (Å²) in [6, 6.07) is 8.19. The first kappa shape index (κ1) is 11.7. The number of hydrogen-bond acceptors (Lipinski definition) is 3. The van der Waals surface area contributed by atoms with Gasteiger partial charge in [0.1, 0.15) is 12.0 Å². The highest BCUT2D eigenvalue weighted by Gasteiger charge is 2.46. The van der Waals surface area contributed by atoms with E-state index in [0.29, 0.717) is 5.56 Å².